The van der Waals surface area contributed by atoms with Crippen LogP contribution in [-0.2, 0) is 16.0 Å². The van der Waals surface area contributed by atoms with Crippen LogP contribution >= 0.6 is 0 Å². The molecule has 0 fully saturated rings. The van der Waals surface area contributed by atoms with E-state index in [1.807, 2.05) is 45.0 Å². The van der Waals surface area contributed by atoms with Crippen molar-refractivity contribution in [2.75, 3.05) is 0 Å². The maximum atomic E-state index is 12.2. The quantitative estimate of drug-likeness (QED) is 0.762. The smallest absolute Gasteiger partial charge is 0.305 e. The van der Waals surface area contributed by atoms with Gasteiger partial charge in [-0.25, -0.2) is 0 Å². The molecule has 2 rings (SSSR count). The van der Waals surface area contributed by atoms with E-state index < -0.39 is 12.0 Å². The Kier molecular flexibility index (Phi) is 6.27. The average molecular weight is 345 g/mol. The zero-order valence-corrected chi connectivity index (χ0v) is 14.7. The Morgan fingerprint density at radius 3 is 2.48 bits per heavy atom. The van der Waals surface area contributed by atoms with Crippen molar-refractivity contribution in [2.45, 2.75) is 52.0 Å². The third kappa shape index (κ3) is 5.70. The highest BCUT2D eigenvalue weighted by atomic mass is 16.5. The highest BCUT2D eigenvalue weighted by Crippen LogP contribution is 2.18. The van der Waals surface area contributed by atoms with Gasteiger partial charge < -0.3 is 14.9 Å². The number of benzene rings is 1. The largest absolute Gasteiger partial charge is 0.481 e. The predicted molar refractivity (Wildman–Crippen MR) is 91.0 cm³/mol. The summed E-state index contributed by atoms with van der Waals surface area (Å²) >= 11 is 0. The van der Waals surface area contributed by atoms with E-state index in [1.54, 1.807) is 0 Å². The van der Waals surface area contributed by atoms with E-state index in [4.69, 9.17) is 9.63 Å². The maximum Gasteiger partial charge on any atom is 0.305 e. The number of amides is 1. The molecule has 1 aromatic heterocycles. The standard InChI is InChI=1S/C18H23N3O4/c1-11(2)18-20-16(25-21-18)9-8-15(22)19-14(10-17(23)24)13-6-4-12(3)5-7-13/h4-7,11,14H,8-10H2,1-3H3,(H,19,22)(H,23,24). The van der Waals surface area contributed by atoms with E-state index in [0.29, 0.717) is 18.1 Å². The lowest BCUT2D eigenvalue weighted by Crippen LogP contribution is -2.30. The Balaban J connectivity index is 1.96. The molecule has 0 saturated carbocycles. The SMILES string of the molecule is Cc1ccc(C(CC(=O)O)NC(=O)CCc2nc(C(C)C)no2)cc1. The monoisotopic (exact) mass is 345 g/mol. The molecule has 25 heavy (non-hydrogen) atoms. The van der Waals surface area contributed by atoms with Crippen LogP contribution in [0.5, 0.6) is 0 Å². The van der Waals surface area contributed by atoms with Crippen LogP contribution in [0.15, 0.2) is 28.8 Å². The first-order valence-electron chi connectivity index (χ1n) is 8.25. The summed E-state index contributed by atoms with van der Waals surface area (Å²) in [5.74, 6) is -0.0453. The summed E-state index contributed by atoms with van der Waals surface area (Å²) < 4.78 is 5.11. The van der Waals surface area contributed by atoms with Crippen LogP contribution < -0.4 is 5.32 Å². The van der Waals surface area contributed by atoms with E-state index in [1.165, 1.54) is 0 Å². The molecule has 0 saturated heterocycles. The topological polar surface area (TPSA) is 105 Å². The highest BCUT2D eigenvalue weighted by molar-refractivity contribution is 5.77. The molecule has 0 radical (unpaired) electrons. The van der Waals surface area contributed by atoms with Gasteiger partial charge in [0.2, 0.25) is 11.8 Å². The molecule has 0 aliphatic carbocycles. The number of hydrogen-bond acceptors (Lipinski definition) is 5. The summed E-state index contributed by atoms with van der Waals surface area (Å²) in [4.78, 5) is 27.5. The van der Waals surface area contributed by atoms with Gasteiger partial charge in [-0.15, -0.1) is 0 Å². The van der Waals surface area contributed by atoms with Gasteiger partial charge in [-0.05, 0) is 12.5 Å². The molecule has 7 nitrogen and oxygen atoms in total. The molecule has 1 aromatic carbocycles. The first-order valence-corrected chi connectivity index (χ1v) is 8.25. The predicted octanol–water partition coefficient (Wildman–Crippen LogP) is 2.77. The Morgan fingerprint density at radius 2 is 1.92 bits per heavy atom. The summed E-state index contributed by atoms with van der Waals surface area (Å²) in [6.07, 6.45) is 0.299. The van der Waals surface area contributed by atoms with Crippen LogP contribution in [0.25, 0.3) is 0 Å². The number of aryl methyl sites for hydroxylation is 2. The number of nitrogens with one attached hydrogen (secondary N) is 1. The third-order valence-electron chi connectivity index (χ3n) is 3.76. The van der Waals surface area contributed by atoms with Gasteiger partial charge in [0, 0.05) is 18.8 Å². The fourth-order valence-corrected chi connectivity index (χ4v) is 2.32. The number of rotatable bonds is 8. The average Bonchev–Trinajstić information content (AvgIpc) is 3.02. The Labute approximate surface area is 146 Å². The Hall–Kier alpha value is -2.70. The first kappa shape index (κ1) is 18.6. The van der Waals surface area contributed by atoms with Crippen molar-refractivity contribution in [1.29, 1.82) is 0 Å². The fourth-order valence-electron chi connectivity index (χ4n) is 2.32. The Morgan fingerprint density at radius 1 is 1.24 bits per heavy atom. The van der Waals surface area contributed by atoms with Crippen LogP contribution in [0.2, 0.25) is 0 Å². The van der Waals surface area contributed by atoms with Crippen molar-refractivity contribution < 1.29 is 19.2 Å². The number of nitrogens with zero attached hydrogens (tertiary/aromatic N) is 2. The van der Waals surface area contributed by atoms with Gasteiger partial charge in [-0.2, -0.15) is 4.98 Å². The van der Waals surface area contributed by atoms with Gasteiger partial charge in [-0.3, -0.25) is 9.59 Å². The van der Waals surface area contributed by atoms with Crippen LogP contribution in [0.1, 0.15) is 61.5 Å². The number of hydrogen-bond donors (Lipinski definition) is 2. The fraction of sp³-hybridized carbons (Fsp3) is 0.444. The molecule has 1 heterocycles. The van der Waals surface area contributed by atoms with Gasteiger partial charge >= 0.3 is 5.97 Å². The molecule has 0 bridgehead atoms. The zero-order valence-electron chi connectivity index (χ0n) is 14.7. The van der Waals surface area contributed by atoms with Gasteiger partial charge in [0.25, 0.3) is 0 Å². The second-order valence-corrected chi connectivity index (χ2v) is 6.33. The Bertz CT molecular complexity index is 722. The van der Waals surface area contributed by atoms with Crippen molar-refractivity contribution in [3.8, 4) is 0 Å². The minimum absolute atomic E-state index is 0.154. The van der Waals surface area contributed by atoms with E-state index in [9.17, 15) is 9.59 Å². The summed E-state index contributed by atoms with van der Waals surface area (Å²) in [6, 6.07) is 6.87. The van der Waals surface area contributed by atoms with Crippen LogP contribution in [0.4, 0.5) is 0 Å². The molecule has 0 aliphatic heterocycles. The molecular weight excluding hydrogens is 322 g/mol. The third-order valence-corrected chi connectivity index (χ3v) is 3.76. The van der Waals surface area contributed by atoms with Crippen molar-refractivity contribution >= 4 is 11.9 Å². The zero-order chi connectivity index (χ0) is 18.4. The summed E-state index contributed by atoms with van der Waals surface area (Å²) in [7, 11) is 0. The van der Waals surface area contributed by atoms with Crippen molar-refractivity contribution in [3.05, 3.63) is 47.1 Å². The van der Waals surface area contributed by atoms with Crippen molar-refractivity contribution in [3.63, 3.8) is 0 Å². The van der Waals surface area contributed by atoms with E-state index in [-0.39, 0.29) is 24.7 Å². The summed E-state index contributed by atoms with van der Waals surface area (Å²) in [5, 5.41) is 15.7. The highest BCUT2D eigenvalue weighted by Gasteiger charge is 2.19. The van der Waals surface area contributed by atoms with Crippen LogP contribution in [0.3, 0.4) is 0 Å². The van der Waals surface area contributed by atoms with Crippen molar-refractivity contribution in [2.24, 2.45) is 0 Å². The molecule has 134 valence electrons. The maximum absolute atomic E-state index is 12.2. The van der Waals surface area contributed by atoms with Gasteiger partial charge in [0.1, 0.15) is 0 Å². The lowest BCUT2D eigenvalue weighted by molar-refractivity contribution is -0.137. The van der Waals surface area contributed by atoms with Crippen molar-refractivity contribution in [1.82, 2.24) is 15.5 Å². The minimum Gasteiger partial charge on any atom is -0.481 e. The molecule has 7 heteroatoms. The van der Waals surface area contributed by atoms with E-state index in [2.05, 4.69) is 15.5 Å². The molecule has 2 aromatic rings. The second-order valence-electron chi connectivity index (χ2n) is 6.33. The van der Waals surface area contributed by atoms with Gasteiger partial charge in [0.15, 0.2) is 5.82 Å². The van der Waals surface area contributed by atoms with E-state index in [0.717, 1.165) is 11.1 Å². The summed E-state index contributed by atoms with van der Waals surface area (Å²) in [6.45, 7) is 5.86. The second kappa shape index (κ2) is 8.41. The molecule has 2 N–H and O–H groups in total. The lowest BCUT2D eigenvalue weighted by atomic mass is 10.0. The number of aromatic nitrogens is 2. The number of carboxylic acid groups (broad SMARTS) is 1. The van der Waals surface area contributed by atoms with Crippen LogP contribution in [0, 0.1) is 6.92 Å². The molecule has 0 spiro atoms. The normalized spacial score (nSPS) is 12.2. The molecule has 1 atom stereocenters. The minimum atomic E-state index is -0.968. The van der Waals surface area contributed by atoms with E-state index >= 15 is 0 Å². The molecular formula is C18H23N3O4. The number of carboxylic acids is 1. The number of carbonyl (C=O) groups is 2. The first-order chi connectivity index (χ1) is 11.8. The lowest BCUT2D eigenvalue weighted by Gasteiger charge is -2.17. The molecule has 0 aliphatic rings. The number of carbonyl (C=O) groups excluding carboxylic acids is 1. The van der Waals surface area contributed by atoms with Gasteiger partial charge in [-0.1, -0.05) is 48.8 Å². The molecule has 1 amide bonds. The van der Waals surface area contributed by atoms with Gasteiger partial charge in [0.05, 0.1) is 12.5 Å². The number of aliphatic carboxylic acids is 1. The van der Waals surface area contributed by atoms with Crippen LogP contribution in [-0.4, -0.2) is 27.1 Å². The summed E-state index contributed by atoms with van der Waals surface area (Å²) in [5.41, 5.74) is 1.84. The molecule has 1 unspecified atom stereocenters.